The largest absolute Gasteiger partial charge is 0.367 e. The molecule has 4 nitrogen and oxygen atoms in total. The van der Waals surface area contributed by atoms with E-state index in [4.69, 9.17) is 5.10 Å². The Labute approximate surface area is 128 Å². The van der Waals surface area contributed by atoms with E-state index in [1.165, 1.54) is 70.2 Å². The van der Waals surface area contributed by atoms with Crippen molar-refractivity contribution in [1.29, 1.82) is 0 Å². The van der Waals surface area contributed by atoms with E-state index in [-0.39, 0.29) is 0 Å². The summed E-state index contributed by atoms with van der Waals surface area (Å²) in [5.74, 6) is 1.06. The molecule has 1 aromatic heterocycles. The highest BCUT2D eigenvalue weighted by Gasteiger charge is 2.18. The fourth-order valence-corrected chi connectivity index (χ4v) is 3.79. The molecule has 0 aromatic carbocycles. The Morgan fingerprint density at radius 2 is 1.81 bits per heavy atom. The summed E-state index contributed by atoms with van der Waals surface area (Å²) in [6, 6.07) is 2.85. The van der Waals surface area contributed by atoms with Gasteiger partial charge in [-0.2, -0.15) is 5.10 Å². The Balaban J connectivity index is 1.49. The summed E-state index contributed by atoms with van der Waals surface area (Å²) in [5, 5.41) is 8.32. The van der Waals surface area contributed by atoms with Gasteiger partial charge < -0.3 is 10.2 Å². The molecule has 1 aliphatic heterocycles. The van der Waals surface area contributed by atoms with Gasteiger partial charge in [-0.1, -0.05) is 25.7 Å². The quantitative estimate of drug-likeness (QED) is 0.899. The van der Waals surface area contributed by atoms with E-state index < -0.39 is 0 Å². The van der Waals surface area contributed by atoms with Gasteiger partial charge in [0.05, 0.1) is 6.04 Å². The number of piperidine rings is 1. The lowest BCUT2D eigenvalue weighted by molar-refractivity contribution is 0.237. The van der Waals surface area contributed by atoms with Gasteiger partial charge in [0.2, 0.25) is 0 Å². The van der Waals surface area contributed by atoms with Crippen molar-refractivity contribution in [2.24, 2.45) is 0 Å². The van der Waals surface area contributed by atoms with Gasteiger partial charge in [0.1, 0.15) is 5.82 Å². The average Bonchev–Trinajstić information content (AvgIpc) is 2.90. The molecule has 0 bridgehead atoms. The van der Waals surface area contributed by atoms with E-state index in [1.807, 2.05) is 0 Å². The van der Waals surface area contributed by atoms with Crippen molar-refractivity contribution < 1.29 is 0 Å². The highest BCUT2D eigenvalue weighted by Crippen LogP contribution is 2.29. The van der Waals surface area contributed by atoms with E-state index in [0.29, 0.717) is 6.04 Å². The Bertz CT molecular complexity index is 428. The van der Waals surface area contributed by atoms with Crippen molar-refractivity contribution in [3.05, 3.63) is 11.8 Å². The van der Waals surface area contributed by atoms with Gasteiger partial charge in [-0.15, -0.1) is 0 Å². The lowest BCUT2D eigenvalue weighted by Crippen LogP contribution is -2.33. The van der Waals surface area contributed by atoms with E-state index >= 15 is 0 Å². The number of hydrogen-bond acceptors (Lipinski definition) is 3. The van der Waals surface area contributed by atoms with Crippen molar-refractivity contribution in [1.82, 2.24) is 14.7 Å². The van der Waals surface area contributed by atoms with Gasteiger partial charge in [0, 0.05) is 24.8 Å². The molecule has 118 valence electrons. The van der Waals surface area contributed by atoms with Crippen molar-refractivity contribution in [3.63, 3.8) is 0 Å². The Hall–Kier alpha value is -1.03. The number of aryl methyl sites for hydroxylation is 1. The lowest BCUT2D eigenvalue weighted by atomic mass is 9.95. The number of hydrogen-bond donors (Lipinski definition) is 1. The van der Waals surface area contributed by atoms with Gasteiger partial charge in [-0.05, 0) is 45.7 Å². The van der Waals surface area contributed by atoms with Crippen molar-refractivity contribution >= 4 is 5.82 Å². The van der Waals surface area contributed by atoms with Crippen molar-refractivity contribution in [3.8, 4) is 0 Å². The minimum absolute atomic E-state index is 0.636. The number of likely N-dealkylation sites (tertiary alicyclic amines) is 1. The first-order valence-electron chi connectivity index (χ1n) is 8.85. The zero-order valence-electron chi connectivity index (χ0n) is 13.5. The van der Waals surface area contributed by atoms with Gasteiger partial charge >= 0.3 is 0 Å². The predicted molar refractivity (Wildman–Crippen MR) is 87.9 cm³/mol. The molecule has 2 fully saturated rings. The first-order valence-corrected chi connectivity index (χ1v) is 8.85. The van der Waals surface area contributed by atoms with Crippen LogP contribution in [0.2, 0.25) is 0 Å². The van der Waals surface area contributed by atoms with Crippen LogP contribution in [-0.2, 0) is 0 Å². The highest BCUT2D eigenvalue weighted by molar-refractivity contribution is 5.35. The second kappa shape index (κ2) is 7.30. The molecule has 4 heteroatoms. The third-order valence-electron chi connectivity index (χ3n) is 5.03. The molecule has 1 saturated carbocycles. The summed E-state index contributed by atoms with van der Waals surface area (Å²) in [5.41, 5.74) is 1.31. The lowest BCUT2D eigenvalue weighted by Gasteiger charge is -2.26. The third kappa shape index (κ3) is 4.00. The Kier molecular flexibility index (Phi) is 5.17. The van der Waals surface area contributed by atoms with Gasteiger partial charge in [0.25, 0.3) is 0 Å². The van der Waals surface area contributed by atoms with E-state index in [0.717, 1.165) is 18.9 Å². The van der Waals surface area contributed by atoms with Crippen LogP contribution in [0.1, 0.15) is 63.1 Å². The SMILES string of the molecule is Cc1cc(NCCN2CCCCC2)nn1C1CCCCC1. The second-order valence-electron chi connectivity index (χ2n) is 6.74. The van der Waals surface area contributed by atoms with Crippen LogP contribution >= 0.6 is 0 Å². The molecule has 1 N–H and O–H groups in total. The summed E-state index contributed by atoms with van der Waals surface area (Å²) in [4.78, 5) is 2.57. The standard InChI is InChI=1S/C17H30N4/c1-15-14-17(18-10-13-20-11-6-3-7-12-20)19-21(15)16-8-4-2-5-9-16/h14,16H,2-13H2,1H3,(H,18,19). The van der Waals surface area contributed by atoms with E-state index in [9.17, 15) is 0 Å². The first-order chi connectivity index (χ1) is 10.3. The molecule has 3 rings (SSSR count). The third-order valence-corrected chi connectivity index (χ3v) is 5.03. The zero-order chi connectivity index (χ0) is 14.5. The fourth-order valence-electron chi connectivity index (χ4n) is 3.79. The minimum Gasteiger partial charge on any atom is -0.367 e. The molecule has 0 spiro atoms. The van der Waals surface area contributed by atoms with E-state index in [1.54, 1.807) is 0 Å². The number of anilines is 1. The molecule has 2 aliphatic rings. The molecule has 2 heterocycles. The van der Waals surface area contributed by atoms with Crippen LogP contribution in [0.3, 0.4) is 0 Å². The Morgan fingerprint density at radius 1 is 1.10 bits per heavy atom. The fraction of sp³-hybridized carbons (Fsp3) is 0.824. The van der Waals surface area contributed by atoms with Crippen LogP contribution in [0.15, 0.2) is 6.07 Å². The van der Waals surface area contributed by atoms with Crippen molar-refractivity contribution in [2.75, 3.05) is 31.5 Å². The molecule has 1 aliphatic carbocycles. The summed E-state index contributed by atoms with van der Waals surface area (Å²) >= 11 is 0. The maximum atomic E-state index is 4.80. The highest BCUT2D eigenvalue weighted by atomic mass is 15.3. The monoisotopic (exact) mass is 290 g/mol. The minimum atomic E-state index is 0.636. The topological polar surface area (TPSA) is 33.1 Å². The molecule has 0 unspecified atom stereocenters. The summed E-state index contributed by atoms with van der Waals surface area (Å²) in [7, 11) is 0. The van der Waals surface area contributed by atoms with Crippen LogP contribution in [0, 0.1) is 6.92 Å². The zero-order valence-corrected chi connectivity index (χ0v) is 13.5. The summed E-state index contributed by atoms with van der Waals surface area (Å²) in [6.45, 7) is 6.91. The molecule has 1 aromatic rings. The number of rotatable bonds is 5. The Morgan fingerprint density at radius 3 is 2.57 bits per heavy atom. The maximum Gasteiger partial charge on any atom is 0.148 e. The molecule has 0 radical (unpaired) electrons. The van der Waals surface area contributed by atoms with Crippen LogP contribution in [0.4, 0.5) is 5.82 Å². The van der Waals surface area contributed by atoms with Crippen LogP contribution in [0.25, 0.3) is 0 Å². The number of aromatic nitrogens is 2. The summed E-state index contributed by atoms with van der Waals surface area (Å²) in [6.07, 6.45) is 10.9. The van der Waals surface area contributed by atoms with Crippen LogP contribution in [0.5, 0.6) is 0 Å². The molecular weight excluding hydrogens is 260 g/mol. The van der Waals surface area contributed by atoms with Crippen LogP contribution in [-0.4, -0.2) is 40.9 Å². The van der Waals surface area contributed by atoms with Crippen LogP contribution < -0.4 is 5.32 Å². The molecule has 21 heavy (non-hydrogen) atoms. The maximum absolute atomic E-state index is 4.80. The van der Waals surface area contributed by atoms with Gasteiger partial charge in [-0.25, -0.2) is 0 Å². The predicted octanol–water partition coefficient (Wildman–Crippen LogP) is 3.59. The normalized spacial score (nSPS) is 21.6. The van der Waals surface area contributed by atoms with Gasteiger partial charge in [0.15, 0.2) is 0 Å². The number of nitrogens with one attached hydrogen (secondary N) is 1. The first kappa shape index (κ1) is 14.9. The molecular formula is C17H30N4. The molecule has 0 atom stereocenters. The smallest absolute Gasteiger partial charge is 0.148 e. The van der Waals surface area contributed by atoms with E-state index in [2.05, 4.69) is 27.9 Å². The van der Waals surface area contributed by atoms with Gasteiger partial charge in [-0.3, -0.25) is 4.68 Å². The average molecular weight is 290 g/mol. The molecule has 1 saturated heterocycles. The second-order valence-corrected chi connectivity index (χ2v) is 6.74. The van der Waals surface area contributed by atoms with Crippen molar-refractivity contribution in [2.45, 2.75) is 64.3 Å². The molecule has 0 amide bonds. The number of nitrogens with zero attached hydrogens (tertiary/aromatic N) is 3. The summed E-state index contributed by atoms with van der Waals surface area (Å²) < 4.78 is 2.27.